The van der Waals surface area contributed by atoms with Gasteiger partial charge in [-0.2, -0.15) is 4.98 Å². The molecule has 5 rings (SSSR count). The molecule has 0 saturated carbocycles. The molecule has 0 bridgehead atoms. The van der Waals surface area contributed by atoms with Gasteiger partial charge in [0.2, 0.25) is 5.95 Å². The van der Waals surface area contributed by atoms with Crippen molar-refractivity contribution in [3.8, 4) is 17.1 Å². The van der Waals surface area contributed by atoms with E-state index in [1.165, 1.54) is 0 Å². The van der Waals surface area contributed by atoms with Crippen LogP contribution in [0, 0.1) is 0 Å². The van der Waals surface area contributed by atoms with Crippen molar-refractivity contribution in [3.05, 3.63) is 70.4 Å². The summed E-state index contributed by atoms with van der Waals surface area (Å²) in [4.78, 5) is 17.4. The fourth-order valence-electron chi connectivity index (χ4n) is 3.88. The number of Topliss-reactive ketones (excluding diaryl/α,β-unsaturated/α-hetero) is 1. The van der Waals surface area contributed by atoms with Crippen LogP contribution in [0.5, 0.6) is 5.75 Å². The molecular formula is C21H17ClN4O2. The Morgan fingerprint density at radius 2 is 1.89 bits per heavy atom. The van der Waals surface area contributed by atoms with E-state index in [4.69, 9.17) is 16.7 Å². The van der Waals surface area contributed by atoms with Crippen molar-refractivity contribution >= 4 is 23.3 Å². The van der Waals surface area contributed by atoms with Gasteiger partial charge in [-0.1, -0.05) is 35.9 Å². The van der Waals surface area contributed by atoms with E-state index in [1.54, 1.807) is 22.9 Å². The summed E-state index contributed by atoms with van der Waals surface area (Å²) in [6.45, 7) is 0. The van der Waals surface area contributed by atoms with E-state index >= 15 is 0 Å². The summed E-state index contributed by atoms with van der Waals surface area (Å²) >= 11 is 6.34. The van der Waals surface area contributed by atoms with Crippen LogP contribution in [0.4, 0.5) is 5.95 Å². The largest absolute Gasteiger partial charge is 0.508 e. The molecule has 2 heterocycles. The van der Waals surface area contributed by atoms with Crippen molar-refractivity contribution in [1.82, 2.24) is 14.8 Å². The van der Waals surface area contributed by atoms with Crippen molar-refractivity contribution in [2.45, 2.75) is 25.3 Å². The predicted octanol–water partition coefficient (Wildman–Crippen LogP) is 4.33. The SMILES string of the molecule is O=C1CCCC2=C1C(c1ccc(O)cc1)n1nc(-c3ccccc3Cl)nc1N2. The lowest BCUT2D eigenvalue weighted by Crippen LogP contribution is -2.31. The molecular weight excluding hydrogens is 376 g/mol. The van der Waals surface area contributed by atoms with Crippen molar-refractivity contribution in [2.75, 3.05) is 5.32 Å². The number of halogens is 1. The summed E-state index contributed by atoms with van der Waals surface area (Å²) < 4.78 is 1.74. The molecule has 28 heavy (non-hydrogen) atoms. The maximum atomic E-state index is 12.8. The zero-order chi connectivity index (χ0) is 19.3. The summed E-state index contributed by atoms with van der Waals surface area (Å²) in [6, 6.07) is 13.9. The van der Waals surface area contributed by atoms with Crippen LogP contribution in [-0.4, -0.2) is 25.7 Å². The Kier molecular flexibility index (Phi) is 3.94. The first-order chi connectivity index (χ1) is 13.6. The van der Waals surface area contributed by atoms with E-state index in [-0.39, 0.29) is 17.6 Å². The highest BCUT2D eigenvalue weighted by Gasteiger charge is 2.37. The zero-order valence-electron chi connectivity index (χ0n) is 14.9. The Hall–Kier alpha value is -3.12. The minimum absolute atomic E-state index is 0.118. The van der Waals surface area contributed by atoms with Gasteiger partial charge >= 0.3 is 0 Å². The Morgan fingerprint density at radius 3 is 2.68 bits per heavy atom. The van der Waals surface area contributed by atoms with Crippen LogP contribution in [0.25, 0.3) is 11.4 Å². The quantitative estimate of drug-likeness (QED) is 0.678. The van der Waals surface area contributed by atoms with Gasteiger partial charge in [-0.15, -0.1) is 5.10 Å². The molecule has 0 radical (unpaired) electrons. The molecule has 1 aliphatic heterocycles. The second kappa shape index (κ2) is 6.49. The van der Waals surface area contributed by atoms with Crippen LogP contribution in [0.3, 0.4) is 0 Å². The lowest BCUT2D eigenvalue weighted by Gasteiger charge is -2.32. The second-order valence-electron chi connectivity index (χ2n) is 6.97. The summed E-state index contributed by atoms with van der Waals surface area (Å²) in [6.07, 6.45) is 2.14. The molecule has 0 amide bonds. The van der Waals surface area contributed by atoms with E-state index in [0.717, 1.165) is 35.2 Å². The van der Waals surface area contributed by atoms with Gasteiger partial charge in [0, 0.05) is 23.3 Å². The van der Waals surface area contributed by atoms with E-state index in [0.29, 0.717) is 23.2 Å². The molecule has 6 nitrogen and oxygen atoms in total. The molecule has 0 spiro atoms. The topological polar surface area (TPSA) is 80.0 Å². The molecule has 0 fully saturated rings. The number of carbonyl (C=O) groups is 1. The number of ketones is 1. The highest BCUT2D eigenvalue weighted by atomic mass is 35.5. The van der Waals surface area contributed by atoms with Gasteiger partial charge < -0.3 is 10.4 Å². The molecule has 2 aromatic carbocycles. The molecule has 1 atom stereocenters. The molecule has 2 aliphatic rings. The minimum atomic E-state index is -0.386. The third-order valence-corrected chi connectivity index (χ3v) is 5.52. The lowest BCUT2D eigenvalue weighted by atomic mass is 9.85. The number of benzene rings is 2. The fourth-order valence-corrected chi connectivity index (χ4v) is 4.10. The Morgan fingerprint density at radius 1 is 1.11 bits per heavy atom. The van der Waals surface area contributed by atoms with Crippen molar-refractivity contribution in [3.63, 3.8) is 0 Å². The van der Waals surface area contributed by atoms with Crippen molar-refractivity contribution in [1.29, 1.82) is 0 Å². The molecule has 1 aliphatic carbocycles. The Balaban J connectivity index is 1.69. The first-order valence-corrected chi connectivity index (χ1v) is 9.53. The third kappa shape index (κ3) is 2.68. The zero-order valence-corrected chi connectivity index (χ0v) is 15.6. The lowest BCUT2D eigenvalue weighted by molar-refractivity contribution is -0.116. The normalized spacial score (nSPS) is 18.5. The minimum Gasteiger partial charge on any atom is -0.508 e. The van der Waals surface area contributed by atoms with Gasteiger partial charge in [0.15, 0.2) is 11.6 Å². The number of carbonyl (C=O) groups excluding carboxylic acids is 1. The highest BCUT2D eigenvalue weighted by Crippen LogP contribution is 2.41. The maximum absolute atomic E-state index is 12.8. The number of allylic oxidation sites excluding steroid dienone is 2. The van der Waals surface area contributed by atoms with Crippen molar-refractivity contribution < 1.29 is 9.90 Å². The van der Waals surface area contributed by atoms with Crippen LogP contribution in [0.2, 0.25) is 5.02 Å². The number of hydrogen-bond donors (Lipinski definition) is 2. The highest BCUT2D eigenvalue weighted by molar-refractivity contribution is 6.33. The van der Waals surface area contributed by atoms with E-state index < -0.39 is 0 Å². The summed E-state index contributed by atoms with van der Waals surface area (Å²) in [5.74, 6) is 1.38. The average Bonchev–Trinajstić information content (AvgIpc) is 3.11. The van der Waals surface area contributed by atoms with Crippen LogP contribution in [0.15, 0.2) is 59.8 Å². The summed E-state index contributed by atoms with van der Waals surface area (Å²) in [5.41, 5.74) is 3.24. The molecule has 1 unspecified atom stereocenters. The number of phenols is 1. The number of aromatic hydroxyl groups is 1. The number of hydrogen-bond acceptors (Lipinski definition) is 5. The van der Waals surface area contributed by atoms with Gasteiger partial charge in [0.25, 0.3) is 0 Å². The van der Waals surface area contributed by atoms with Crippen LogP contribution in [0.1, 0.15) is 30.9 Å². The molecule has 140 valence electrons. The van der Waals surface area contributed by atoms with E-state index in [2.05, 4.69) is 10.3 Å². The van der Waals surface area contributed by atoms with Crippen LogP contribution >= 0.6 is 11.6 Å². The molecule has 7 heteroatoms. The summed E-state index contributed by atoms with van der Waals surface area (Å²) in [5, 5.41) is 18.3. The third-order valence-electron chi connectivity index (χ3n) is 5.19. The molecule has 1 aromatic heterocycles. The first kappa shape index (κ1) is 17.0. The van der Waals surface area contributed by atoms with Crippen LogP contribution < -0.4 is 5.32 Å². The number of fused-ring (bicyclic) bond motifs is 1. The van der Waals surface area contributed by atoms with Gasteiger partial charge in [-0.3, -0.25) is 4.79 Å². The predicted molar refractivity (Wildman–Crippen MR) is 106 cm³/mol. The van der Waals surface area contributed by atoms with E-state index in [9.17, 15) is 9.90 Å². The monoisotopic (exact) mass is 392 g/mol. The Labute approximate surface area is 166 Å². The Bertz CT molecular complexity index is 1120. The average molecular weight is 393 g/mol. The van der Waals surface area contributed by atoms with Gasteiger partial charge in [-0.25, -0.2) is 4.68 Å². The van der Waals surface area contributed by atoms with Gasteiger partial charge in [0.1, 0.15) is 11.8 Å². The van der Waals surface area contributed by atoms with Gasteiger partial charge in [-0.05, 0) is 42.7 Å². The van der Waals surface area contributed by atoms with Crippen molar-refractivity contribution in [2.24, 2.45) is 0 Å². The molecule has 3 aromatic rings. The number of phenolic OH excluding ortho intramolecular Hbond substituents is 1. The second-order valence-corrected chi connectivity index (χ2v) is 7.38. The number of aromatic nitrogens is 3. The first-order valence-electron chi connectivity index (χ1n) is 9.15. The molecule has 0 saturated heterocycles. The number of anilines is 1. The standard InChI is InChI=1S/C21H17ClN4O2/c22-15-5-2-1-4-14(15)20-24-21-23-16-6-3-7-17(28)18(16)19(26(21)25-20)12-8-10-13(27)11-9-12/h1-2,4-5,8-11,19,27H,3,6-7H2,(H,23,24,25). The smallest absolute Gasteiger partial charge is 0.226 e. The van der Waals surface area contributed by atoms with E-state index in [1.807, 2.05) is 30.3 Å². The fraction of sp³-hybridized carbons (Fsp3) is 0.190. The number of rotatable bonds is 2. The summed E-state index contributed by atoms with van der Waals surface area (Å²) in [7, 11) is 0. The van der Waals surface area contributed by atoms with Gasteiger partial charge in [0.05, 0.1) is 5.02 Å². The maximum Gasteiger partial charge on any atom is 0.226 e. The number of nitrogens with one attached hydrogen (secondary N) is 1. The molecule has 2 N–H and O–H groups in total. The number of nitrogens with zero attached hydrogens (tertiary/aromatic N) is 3. The van der Waals surface area contributed by atoms with Crippen LogP contribution in [-0.2, 0) is 4.79 Å².